The van der Waals surface area contributed by atoms with Gasteiger partial charge >= 0.3 is 6.09 Å². The summed E-state index contributed by atoms with van der Waals surface area (Å²) in [5.41, 5.74) is 4.75. The highest BCUT2D eigenvalue weighted by molar-refractivity contribution is 5.64. The van der Waals surface area contributed by atoms with Gasteiger partial charge in [-0.3, -0.25) is 0 Å². The SMILES string of the molecule is CC(C)O[C@@H](C)COC(N)=O. The number of hydrogen-bond donors (Lipinski definition) is 1. The summed E-state index contributed by atoms with van der Waals surface area (Å²) in [5.74, 6) is 0. The van der Waals surface area contributed by atoms with Crippen LogP contribution in [-0.2, 0) is 9.47 Å². The first-order valence-corrected chi connectivity index (χ1v) is 3.60. The van der Waals surface area contributed by atoms with E-state index in [1.54, 1.807) is 0 Å². The lowest BCUT2D eigenvalue weighted by Crippen LogP contribution is -2.24. The Bertz CT molecular complexity index is 125. The summed E-state index contributed by atoms with van der Waals surface area (Å²) >= 11 is 0. The molecule has 66 valence electrons. The molecule has 0 saturated carbocycles. The van der Waals surface area contributed by atoms with E-state index < -0.39 is 6.09 Å². The number of amides is 1. The summed E-state index contributed by atoms with van der Waals surface area (Å²) < 4.78 is 9.79. The molecule has 0 fully saturated rings. The van der Waals surface area contributed by atoms with Crippen molar-refractivity contribution in [2.75, 3.05) is 6.61 Å². The van der Waals surface area contributed by atoms with E-state index in [1.807, 2.05) is 20.8 Å². The molecule has 1 amide bonds. The monoisotopic (exact) mass is 161 g/mol. The highest BCUT2D eigenvalue weighted by atomic mass is 16.6. The third kappa shape index (κ3) is 7.12. The minimum Gasteiger partial charge on any atom is -0.447 e. The van der Waals surface area contributed by atoms with Gasteiger partial charge in [0.25, 0.3) is 0 Å². The lowest BCUT2D eigenvalue weighted by Gasteiger charge is -2.14. The second-order valence-electron chi connectivity index (χ2n) is 2.63. The number of hydrogen-bond acceptors (Lipinski definition) is 3. The second kappa shape index (κ2) is 4.96. The van der Waals surface area contributed by atoms with Gasteiger partial charge in [-0.1, -0.05) is 0 Å². The van der Waals surface area contributed by atoms with Crippen LogP contribution in [0.2, 0.25) is 0 Å². The molecule has 0 aromatic heterocycles. The van der Waals surface area contributed by atoms with Crippen molar-refractivity contribution in [3.8, 4) is 0 Å². The lowest BCUT2D eigenvalue weighted by molar-refractivity contribution is -0.0159. The molecular formula is C7H15NO3. The van der Waals surface area contributed by atoms with Crippen LogP contribution in [0, 0.1) is 0 Å². The Balaban J connectivity index is 3.37. The fraction of sp³-hybridized carbons (Fsp3) is 0.857. The van der Waals surface area contributed by atoms with Gasteiger partial charge in [0.2, 0.25) is 0 Å². The summed E-state index contributed by atoms with van der Waals surface area (Å²) in [6, 6.07) is 0. The van der Waals surface area contributed by atoms with Gasteiger partial charge in [-0.2, -0.15) is 0 Å². The molecule has 1 atom stereocenters. The molecule has 0 aliphatic rings. The zero-order valence-electron chi connectivity index (χ0n) is 7.16. The van der Waals surface area contributed by atoms with E-state index in [4.69, 9.17) is 10.5 Å². The van der Waals surface area contributed by atoms with Gasteiger partial charge in [0.1, 0.15) is 6.61 Å². The van der Waals surface area contributed by atoms with Crippen LogP contribution in [0.3, 0.4) is 0 Å². The van der Waals surface area contributed by atoms with Crippen molar-refractivity contribution < 1.29 is 14.3 Å². The van der Waals surface area contributed by atoms with Gasteiger partial charge in [-0.05, 0) is 20.8 Å². The van der Waals surface area contributed by atoms with Crippen molar-refractivity contribution in [3.63, 3.8) is 0 Å². The first kappa shape index (κ1) is 10.2. The minimum absolute atomic E-state index is 0.0949. The topological polar surface area (TPSA) is 61.6 Å². The summed E-state index contributed by atoms with van der Waals surface area (Å²) in [6.45, 7) is 5.87. The van der Waals surface area contributed by atoms with Gasteiger partial charge in [0.05, 0.1) is 12.2 Å². The minimum atomic E-state index is -0.760. The van der Waals surface area contributed by atoms with Crippen molar-refractivity contribution in [1.82, 2.24) is 0 Å². The third-order valence-corrected chi connectivity index (χ3v) is 0.965. The van der Waals surface area contributed by atoms with Crippen LogP contribution < -0.4 is 5.73 Å². The molecule has 0 heterocycles. The van der Waals surface area contributed by atoms with Gasteiger partial charge in [0, 0.05) is 0 Å². The van der Waals surface area contributed by atoms with Crippen molar-refractivity contribution in [1.29, 1.82) is 0 Å². The van der Waals surface area contributed by atoms with Crippen LogP contribution >= 0.6 is 0 Å². The van der Waals surface area contributed by atoms with Gasteiger partial charge in [0.15, 0.2) is 0 Å². The smallest absolute Gasteiger partial charge is 0.404 e. The number of ether oxygens (including phenoxy) is 2. The Morgan fingerprint density at radius 3 is 2.36 bits per heavy atom. The molecule has 11 heavy (non-hydrogen) atoms. The van der Waals surface area contributed by atoms with Crippen LogP contribution in [0.1, 0.15) is 20.8 Å². The van der Waals surface area contributed by atoms with Crippen molar-refractivity contribution in [3.05, 3.63) is 0 Å². The van der Waals surface area contributed by atoms with Gasteiger partial charge in [-0.15, -0.1) is 0 Å². The van der Waals surface area contributed by atoms with E-state index in [2.05, 4.69) is 4.74 Å². The summed E-state index contributed by atoms with van der Waals surface area (Å²) in [4.78, 5) is 10.1. The van der Waals surface area contributed by atoms with Crippen molar-refractivity contribution >= 4 is 6.09 Å². The average Bonchev–Trinajstić information content (AvgIpc) is 1.82. The van der Waals surface area contributed by atoms with Gasteiger partial charge < -0.3 is 15.2 Å². The highest BCUT2D eigenvalue weighted by Gasteiger charge is 2.05. The maximum absolute atomic E-state index is 10.1. The number of carbonyl (C=O) groups excluding carboxylic acids is 1. The van der Waals surface area contributed by atoms with Crippen LogP contribution in [0.5, 0.6) is 0 Å². The van der Waals surface area contributed by atoms with Crippen molar-refractivity contribution in [2.45, 2.75) is 33.0 Å². The number of primary amides is 1. The van der Waals surface area contributed by atoms with Crippen molar-refractivity contribution in [2.24, 2.45) is 5.73 Å². The molecular weight excluding hydrogens is 146 g/mol. The Hall–Kier alpha value is -0.770. The van der Waals surface area contributed by atoms with Crippen LogP contribution in [0.4, 0.5) is 4.79 Å². The number of nitrogens with two attached hydrogens (primary N) is 1. The molecule has 0 aromatic rings. The predicted molar refractivity (Wildman–Crippen MR) is 41.2 cm³/mol. The van der Waals surface area contributed by atoms with Gasteiger partial charge in [-0.25, -0.2) is 4.79 Å². The normalized spacial score (nSPS) is 13.1. The van der Waals surface area contributed by atoms with E-state index in [9.17, 15) is 4.79 Å². The standard InChI is InChI=1S/C7H15NO3/c1-5(2)11-6(3)4-10-7(8)9/h5-6H,4H2,1-3H3,(H2,8,9)/t6-/m0/s1. The van der Waals surface area contributed by atoms with Crippen LogP contribution in [0.25, 0.3) is 0 Å². The Morgan fingerprint density at radius 2 is 2.00 bits per heavy atom. The second-order valence-corrected chi connectivity index (χ2v) is 2.63. The first-order valence-electron chi connectivity index (χ1n) is 3.60. The summed E-state index contributed by atoms with van der Waals surface area (Å²) in [6.07, 6.45) is -0.715. The Labute approximate surface area is 66.7 Å². The molecule has 4 heteroatoms. The zero-order chi connectivity index (χ0) is 8.85. The molecule has 2 N–H and O–H groups in total. The molecule has 0 rings (SSSR count). The average molecular weight is 161 g/mol. The quantitative estimate of drug-likeness (QED) is 0.666. The van der Waals surface area contributed by atoms with Crippen LogP contribution in [0.15, 0.2) is 0 Å². The molecule has 0 aliphatic heterocycles. The van der Waals surface area contributed by atoms with E-state index in [1.165, 1.54) is 0 Å². The Kier molecular flexibility index (Phi) is 4.61. The Morgan fingerprint density at radius 1 is 1.45 bits per heavy atom. The third-order valence-electron chi connectivity index (χ3n) is 0.965. The molecule has 0 aromatic carbocycles. The lowest BCUT2D eigenvalue weighted by atomic mass is 10.4. The van der Waals surface area contributed by atoms with Crippen LogP contribution in [-0.4, -0.2) is 24.9 Å². The molecule has 4 nitrogen and oxygen atoms in total. The fourth-order valence-corrected chi connectivity index (χ4v) is 0.703. The highest BCUT2D eigenvalue weighted by Crippen LogP contribution is 1.96. The first-order chi connectivity index (χ1) is 5.02. The summed E-state index contributed by atoms with van der Waals surface area (Å²) in [7, 11) is 0. The predicted octanol–water partition coefficient (Wildman–Crippen LogP) is 0.895. The zero-order valence-corrected chi connectivity index (χ0v) is 7.16. The molecule has 0 spiro atoms. The maximum atomic E-state index is 10.1. The van der Waals surface area contributed by atoms with E-state index in [0.717, 1.165) is 0 Å². The van der Waals surface area contributed by atoms with E-state index in [0.29, 0.717) is 0 Å². The number of rotatable bonds is 4. The molecule has 0 bridgehead atoms. The molecule has 0 unspecified atom stereocenters. The fourth-order valence-electron chi connectivity index (χ4n) is 0.703. The maximum Gasteiger partial charge on any atom is 0.404 e. The van der Waals surface area contributed by atoms with E-state index >= 15 is 0 Å². The number of carbonyl (C=O) groups is 1. The van der Waals surface area contributed by atoms with E-state index in [-0.39, 0.29) is 18.8 Å². The molecule has 0 aliphatic carbocycles. The summed E-state index contributed by atoms with van der Waals surface area (Å²) in [5, 5.41) is 0. The molecule has 0 radical (unpaired) electrons. The molecule has 0 saturated heterocycles. The largest absolute Gasteiger partial charge is 0.447 e.